The molecule has 0 spiro atoms. The molecule has 0 aliphatic heterocycles. The Kier molecular flexibility index (Phi) is 16.5. The average molecular weight is 412 g/mol. The lowest BCUT2D eigenvalue weighted by atomic mass is 10.0. The van der Waals surface area contributed by atoms with E-state index in [2.05, 4.69) is 55.1 Å². The van der Waals surface area contributed by atoms with Gasteiger partial charge in [0.1, 0.15) is 0 Å². The van der Waals surface area contributed by atoms with Crippen molar-refractivity contribution < 1.29 is 0 Å². The molecule has 0 aliphatic rings. The second-order valence-corrected chi connectivity index (χ2v) is 5.90. The van der Waals surface area contributed by atoms with Gasteiger partial charge in [-0.15, -0.1) is 24.0 Å². The van der Waals surface area contributed by atoms with Crippen LogP contribution >= 0.6 is 24.0 Å². The van der Waals surface area contributed by atoms with Gasteiger partial charge >= 0.3 is 0 Å². The molecule has 0 aromatic heterocycles. The van der Waals surface area contributed by atoms with Crippen molar-refractivity contribution >= 4 is 29.9 Å². The molecule has 0 aromatic carbocycles. The number of halogens is 1. The molecular formula is C16H37IN4. The van der Waals surface area contributed by atoms with E-state index in [0.717, 1.165) is 44.5 Å². The summed E-state index contributed by atoms with van der Waals surface area (Å²) in [5, 5.41) is 6.87. The maximum atomic E-state index is 4.29. The van der Waals surface area contributed by atoms with Crippen LogP contribution in [-0.4, -0.2) is 50.1 Å². The van der Waals surface area contributed by atoms with Crippen molar-refractivity contribution in [2.75, 3.05) is 33.2 Å². The molecule has 0 rings (SSSR count). The number of hydrogen-bond donors (Lipinski definition) is 2. The summed E-state index contributed by atoms with van der Waals surface area (Å²) < 4.78 is 0. The summed E-state index contributed by atoms with van der Waals surface area (Å²) in [5.74, 6) is 1.70. The maximum absolute atomic E-state index is 4.29. The third-order valence-electron chi connectivity index (χ3n) is 3.62. The van der Waals surface area contributed by atoms with Gasteiger partial charge < -0.3 is 15.5 Å². The number of hydrogen-bond acceptors (Lipinski definition) is 2. The monoisotopic (exact) mass is 412 g/mol. The van der Waals surface area contributed by atoms with Gasteiger partial charge in [0.05, 0.1) is 0 Å². The van der Waals surface area contributed by atoms with Crippen LogP contribution in [0.1, 0.15) is 53.9 Å². The van der Waals surface area contributed by atoms with Crippen LogP contribution in [0.5, 0.6) is 0 Å². The Balaban J connectivity index is 0. The van der Waals surface area contributed by atoms with Crippen molar-refractivity contribution in [2.24, 2.45) is 10.9 Å². The standard InChI is InChI=1S/C16H36N4.HI/c1-7-20(8-2)13-9-12-18-16(17-6)19-15(5)11-10-14(3)4;/h14-15H,7-13H2,1-6H3,(H2,17,18,19);1H. The summed E-state index contributed by atoms with van der Waals surface area (Å²) in [6.07, 6.45) is 3.60. The predicted molar refractivity (Wildman–Crippen MR) is 106 cm³/mol. The minimum absolute atomic E-state index is 0. The molecule has 0 aliphatic carbocycles. The first-order valence-corrected chi connectivity index (χ1v) is 8.22. The van der Waals surface area contributed by atoms with Crippen molar-refractivity contribution in [3.05, 3.63) is 0 Å². The van der Waals surface area contributed by atoms with Crippen LogP contribution in [-0.2, 0) is 0 Å². The van der Waals surface area contributed by atoms with Gasteiger partial charge in [0.15, 0.2) is 5.96 Å². The van der Waals surface area contributed by atoms with E-state index >= 15 is 0 Å². The summed E-state index contributed by atoms with van der Waals surface area (Å²) in [4.78, 5) is 6.74. The summed E-state index contributed by atoms with van der Waals surface area (Å²) in [7, 11) is 1.84. The van der Waals surface area contributed by atoms with Crippen molar-refractivity contribution in [1.82, 2.24) is 15.5 Å². The van der Waals surface area contributed by atoms with Crippen LogP contribution < -0.4 is 10.6 Å². The molecule has 0 bridgehead atoms. The van der Waals surface area contributed by atoms with Gasteiger partial charge in [-0.1, -0.05) is 27.7 Å². The van der Waals surface area contributed by atoms with Gasteiger partial charge in [-0.05, 0) is 51.7 Å². The molecule has 1 unspecified atom stereocenters. The van der Waals surface area contributed by atoms with Crippen LogP contribution in [0, 0.1) is 5.92 Å². The van der Waals surface area contributed by atoms with Gasteiger partial charge in [0.25, 0.3) is 0 Å². The van der Waals surface area contributed by atoms with Gasteiger partial charge in [0, 0.05) is 19.6 Å². The third kappa shape index (κ3) is 13.4. The highest BCUT2D eigenvalue weighted by molar-refractivity contribution is 14.0. The fourth-order valence-electron chi connectivity index (χ4n) is 2.13. The van der Waals surface area contributed by atoms with E-state index in [0.29, 0.717) is 6.04 Å². The predicted octanol–water partition coefficient (Wildman–Crippen LogP) is 3.33. The van der Waals surface area contributed by atoms with E-state index in [4.69, 9.17) is 0 Å². The average Bonchev–Trinajstić information content (AvgIpc) is 2.43. The quantitative estimate of drug-likeness (QED) is 0.250. The highest BCUT2D eigenvalue weighted by Crippen LogP contribution is 2.06. The Morgan fingerprint density at radius 1 is 1.10 bits per heavy atom. The molecule has 0 saturated carbocycles. The van der Waals surface area contributed by atoms with E-state index in [9.17, 15) is 0 Å². The lowest BCUT2D eigenvalue weighted by Crippen LogP contribution is -2.43. The molecule has 0 radical (unpaired) electrons. The molecule has 0 aromatic rings. The van der Waals surface area contributed by atoms with Crippen LogP contribution in [0.2, 0.25) is 0 Å². The van der Waals surface area contributed by atoms with Crippen molar-refractivity contribution in [2.45, 2.75) is 59.9 Å². The molecule has 1 atom stereocenters. The van der Waals surface area contributed by atoms with Crippen LogP contribution in [0.15, 0.2) is 4.99 Å². The molecule has 0 amide bonds. The smallest absolute Gasteiger partial charge is 0.191 e. The largest absolute Gasteiger partial charge is 0.356 e. The summed E-state index contributed by atoms with van der Waals surface area (Å²) in [6, 6.07) is 0.478. The Bertz CT molecular complexity index is 253. The molecular weight excluding hydrogens is 375 g/mol. The Morgan fingerprint density at radius 3 is 2.19 bits per heavy atom. The molecule has 0 heterocycles. The van der Waals surface area contributed by atoms with Gasteiger partial charge in [-0.25, -0.2) is 0 Å². The first-order chi connectivity index (χ1) is 9.53. The molecule has 5 heteroatoms. The fourth-order valence-corrected chi connectivity index (χ4v) is 2.13. The van der Waals surface area contributed by atoms with E-state index in [-0.39, 0.29) is 24.0 Å². The zero-order chi connectivity index (χ0) is 15.4. The molecule has 4 nitrogen and oxygen atoms in total. The van der Waals surface area contributed by atoms with Gasteiger partial charge in [-0.2, -0.15) is 0 Å². The number of guanidine groups is 1. The summed E-state index contributed by atoms with van der Waals surface area (Å²) in [6.45, 7) is 15.6. The third-order valence-corrected chi connectivity index (χ3v) is 3.62. The lowest BCUT2D eigenvalue weighted by Gasteiger charge is -2.20. The molecule has 0 saturated heterocycles. The van der Waals surface area contributed by atoms with E-state index in [1.165, 1.54) is 12.8 Å². The van der Waals surface area contributed by atoms with Gasteiger partial charge in [0.2, 0.25) is 0 Å². The zero-order valence-electron chi connectivity index (χ0n) is 14.9. The van der Waals surface area contributed by atoms with E-state index in [1.807, 2.05) is 7.05 Å². The van der Waals surface area contributed by atoms with Gasteiger partial charge in [-0.3, -0.25) is 4.99 Å². The minimum Gasteiger partial charge on any atom is -0.356 e. The summed E-state index contributed by atoms with van der Waals surface area (Å²) >= 11 is 0. The SMILES string of the molecule is CCN(CC)CCCNC(=NC)NC(C)CCC(C)C.I. The Morgan fingerprint density at radius 2 is 1.71 bits per heavy atom. The lowest BCUT2D eigenvalue weighted by molar-refractivity contribution is 0.300. The Hall–Kier alpha value is -0.0400. The highest BCUT2D eigenvalue weighted by Gasteiger charge is 2.06. The molecule has 2 N–H and O–H groups in total. The Labute approximate surface area is 149 Å². The second kappa shape index (κ2) is 14.9. The van der Waals surface area contributed by atoms with Crippen LogP contribution in [0.3, 0.4) is 0 Å². The van der Waals surface area contributed by atoms with E-state index in [1.54, 1.807) is 0 Å². The van der Waals surface area contributed by atoms with Crippen LogP contribution in [0.25, 0.3) is 0 Å². The number of nitrogens with one attached hydrogen (secondary N) is 2. The highest BCUT2D eigenvalue weighted by atomic mass is 127. The number of aliphatic imine (C=N–C) groups is 1. The van der Waals surface area contributed by atoms with Crippen molar-refractivity contribution in [3.63, 3.8) is 0 Å². The maximum Gasteiger partial charge on any atom is 0.191 e. The molecule has 0 fully saturated rings. The zero-order valence-corrected chi connectivity index (χ0v) is 17.2. The number of nitrogens with zero attached hydrogens (tertiary/aromatic N) is 2. The number of rotatable bonds is 10. The van der Waals surface area contributed by atoms with E-state index < -0.39 is 0 Å². The second-order valence-electron chi connectivity index (χ2n) is 5.90. The minimum atomic E-state index is 0. The first-order valence-electron chi connectivity index (χ1n) is 8.22. The van der Waals surface area contributed by atoms with Crippen LogP contribution in [0.4, 0.5) is 0 Å². The van der Waals surface area contributed by atoms with Crippen molar-refractivity contribution in [3.8, 4) is 0 Å². The molecule has 128 valence electrons. The normalized spacial score (nSPS) is 13.2. The summed E-state index contributed by atoms with van der Waals surface area (Å²) in [5.41, 5.74) is 0. The van der Waals surface area contributed by atoms with Crippen molar-refractivity contribution in [1.29, 1.82) is 0 Å². The fraction of sp³-hybridized carbons (Fsp3) is 0.938. The first kappa shape index (κ1) is 23.2. The topological polar surface area (TPSA) is 39.7 Å². The molecule has 21 heavy (non-hydrogen) atoms.